The number of nitro groups is 1. The summed E-state index contributed by atoms with van der Waals surface area (Å²) in [6, 6.07) is 5.43. The Labute approximate surface area is 166 Å². The zero-order valence-electron chi connectivity index (χ0n) is 15.6. The molecular formula is C18H21N5O4S. The average molecular weight is 403 g/mol. The third-order valence-electron chi connectivity index (χ3n) is 4.66. The van der Waals surface area contributed by atoms with E-state index in [1.807, 2.05) is 13.8 Å². The number of thioether (sulfide) groups is 1. The molecule has 10 heteroatoms. The van der Waals surface area contributed by atoms with Crippen LogP contribution < -0.4 is 0 Å². The standard InChI is InChI=1S/C18H21N5O4S/c1-3-20(4-2)18(25)16-11-28-12-21(16)17(24)13-9-19-22(10-13)14-5-7-15(8-6-14)23(26)27/h5-10,16H,3-4,11-12H2,1-2H3/t16-/m0/s1. The minimum Gasteiger partial charge on any atom is -0.341 e. The summed E-state index contributed by atoms with van der Waals surface area (Å²) in [5.74, 6) is 0.756. The lowest BCUT2D eigenvalue weighted by Crippen LogP contribution is -2.48. The normalized spacial score (nSPS) is 16.2. The van der Waals surface area contributed by atoms with E-state index in [0.29, 0.717) is 36.0 Å². The minimum atomic E-state index is -0.472. The van der Waals surface area contributed by atoms with Crippen LogP contribution >= 0.6 is 11.8 Å². The number of aromatic nitrogens is 2. The third kappa shape index (κ3) is 3.86. The van der Waals surface area contributed by atoms with Gasteiger partial charge < -0.3 is 9.80 Å². The van der Waals surface area contributed by atoms with Crippen molar-refractivity contribution in [2.45, 2.75) is 19.9 Å². The van der Waals surface area contributed by atoms with E-state index < -0.39 is 11.0 Å². The van der Waals surface area contributed by atoms with Gasteiger partial charge in [0.2, 0.25) is 5.91 Å². The lowest BCUT2D eigenvalue weighted by molar-refractivity contribution is -0.384. The van der Waals surface area contributed by atoms with E-state index in [0.717, 1.165) is 0 Å². The zero-order chi connectivity index (χ0) is 20.3. The van der Waals surface area contributed by atoms with Gasteiger partial charge in [0, 0.05) is 37.2 Å². The third-order valence-corrected chi connectivity index (χ3v) is 5.67. The highest BCUT2D eigenvalue weighted by Crippen LogP contribution is 2.25. The number of carbonyl (C=O) groups excluding carboxylic acids is 2. The smallest absolute Gasteiger partial charge is 0.269 e. The highest BCUT2D eigenvalue weighted by Gasteiger charge is 2.37. The highest BCUT2D eigenvalue weighted by atomic mass is 32.2. The predicted octanol–water partition coefficient (Wildman–Crippen LogP) is 2.16. The molecule has 1 atom stereocenters. The summed E-state index contributed by atoms with van der Waals surface area (Å²) >= 11 is 1.55. The van der Waals surface area contributed by atoms with Gasteiger partial charge in [-0.3, -0.25) is 19.7 Å². The second-order valence-electron chi connectivity index (χ2n) is 6.25. The predicted molar refractivity (Wildman–Crippen MR) is 105 cm³/mol. The summed E-state index contributed by atoms with van der Waals surface area (Å²) < 4.78 is 1.49. The molecule has 0 unspecified atom stereocenters. The fourth-order valence-corrected chi connectivity index (χ4v) is 4.21. The summed E-state index contributed by atoms with van der Waals surface area (Å²) in [6.45, 7) is 5.06. The summed E-state index contributed by atoms with van der Waals surface area (Å²) in [4.78, 5) is 39.3. The van der Waals surface area contributed by atoms with E-state index in [-0.39, 0.29) is 17.5 Å². The first kappa shape index (κ1) is 19.9. The van der Waals surface area contributed by atoms with Gasteiger partial charge in [0.05, 0.1) is 28.2 Å². The second kappa shape index (κ2) is 8.42. The van der Waals surface area contributed by atoms with Gasteiger partial charge in [0.25, 0.3) is 11.6 Å². The quantitative estimate of drug-likeness (QED) is 0.541. The van der Waals surface area contributed by atoms with E-state index in [9.17, 15) is 19.7 Å². The largest absolute Gasteiger partial charge is 0.341 e. The SMILES string of the molecule is CCN(CC)C(=O)[C@@H]1CSCN1C(=O)c1cnn(-c2ccc([N+](=O)[O-])cc2)c1. The van der Waals surface area contributed by atoms with Crippen LogP contribution in [0.15, 0.2) is 36.7 Å². The molecule has 1 aromatic carbocycles. The van der Waals surface area contributed by atoms with Crippen LogP contribution in [-0.4, -0.2) is 67.1 Å². The van der Waals surface area contributed by atoms with Crippen LogP contribution in [0.5, 0.6) is 0 Å². The number of amides is 2. The van der Waals surface area contributed by atoms with Gasteiger partial charge in [-0.1, -0.05) is 0 Å². The molecule has 28 heavy (non-hydrogen) atoms. The lowest BCUT2D eigenvalue weighted by atomic mass is 10.2. The Balaban J connectivity index is 1.77. The molecule has 0 saturated carbocycles. The lowest BCUT2D eigenvalue weighted by Gasteiger charge is -2.28. The van der Waals surface area contributed by atoms with Gasteiger partial charge in [-0.05, 0) is 26.0 Å². The van der Waals surface area contributed by atoms with Gasteiger partial charge in [0.15, 0.2) is 0 Å². The van der Waals surface area contributed by atoms with Crippen molar-refractivity contribution in [3.8, 4) is 5.69 Å². The molecule has 0 N–H and O–H groups in total. The van der Waals surface area contributed by atoms with Crippen molar-refractivity contribution in [1.82, 2.24) is 19.6 Å². The summed E-state index contributed by atoms with van der Waals surface area (Å²) in [6.07, 6.45) is 3.02. The van der Waals surface area contributed by atoms with E-state index in [2.05, 4.69) is 5.10 Å². The Morgan fingerprint density at radius 3 is 2.57 bits per heavy atom. The molecule has 1 aromatic heterocycles. The number of hydrogen-bond acceptors (Lipinski definition) is 6. The summed E-state index contributed by atoms with van der Waals surface area (Å²) in [5.41, 5.74) is 0.966. The van der Waals surface area contributed by atoms with Crippen molar-refractivity contribution in [3.05, 3.63) is 52.3 Å². The first-order valence-electron chi connectivity index (χ1n) is 8.93. The molecule has 0 bridgehead atoms. The Bertz CT molecular complexity index is 878. The molecule has 2 heterocycles. The number of non-ortho nitro benzene ring substituents is 1. The number of nitrogens with zero attached hydrogens (tertiary/aromatic N) is 5. The van der Waals surface area contributed by atoms with Crippen LogP contribution in [0.4, 0.5) is 5.69 Å². The Kier molecular flexibility index (Phi) is 5.98. The van der Waals surface area contributed by atoms with E-state index in [1.54, 1.807) is 39.9 Å². The molecule has 2 aromatic rings. The molecule has 1 saturated heterocycles. The first-order chi connectivity index (χ1) is 13.5. The molecule has 0 radical (unpaired) electrons. The number of hydrogen-bond donors (Lipinski definition) is 0. The fraction of sp³-hybridized carbons (Fsp3) is 0.389. The van der Waals surface area contributed by atoms with E-state index in [1.165, 1.54) is 23.0 Å². The van der Waals surface area contributed by atoms with Crippen LogP contribution in [0.3, 0.4) is 0 Å². The number of benzene rings is 1. The van der Waals surface area contributed by atoms with Gasteiger partial charge in [0.1, 0.15) is 6.04 Å². The highest BCUT2D eigenvalue weighted by molar-refractivity contribution is 7.99. The molecule has 1 aliphatic heterocycles. The van der Waals surface area contributed by atoms with Crippen LogP contribution in [-0.2, 0) is 4.79 Å². The van der Waals surface area contributed by atoms with Crippen LogP contribution in [0.1, 0.15) is 24.2 Å². The van der Waals surface area contributed by atoms with E-state index >= 15 is 0 Å². The van der Waals surface area contributed by atoms with Crippen LogP contribution in [0.2, 0.25) is 0 Å². The van der Waals surface area contributed by atoms with Crippen LogP contribution in [0, 0.1) is 10.1 Å². The molecule has 148 valence electrons. The number of carbonyl (C=O) groups is 2. The van der Waals surface area contributed by atoms with Gasteiger partial charge >= 0.3 is 0 Å². The topological polar surface area (TPSA) is 102 Å². The molecule has 9 nitrogen and oxygen atoms in total. The van der Waals surface area contributed by atoms with Gasteiger partial charge in [-0.25, -0.2) is 4.68 Å². The van der Waals surface area contributed by atoms with Gasteiger partial charge in [-0.2, -0.15) is 5.10 Å². The molecule has 1 fully saturated rings. The van der Waals surface area contributed by atoms with Crippen molar-refractivity contribution in [2.75, 3.05) is 24.7 Å². The molecule has 0 spiro atoms. The maximum Gasteiger partial charge on any atom is 0.269 e. The van der Waals surface area contributed by atoms with Crippen molar-refractivity contribution < 1.29 is 14.5 Å². The Morgan fingerprint density at radius 1 is 1.29 bits per heavy atom. The zero-order valence-corrected chi connectivity index (χ0v) is 16.5. The summed E-state index contributed by atoms with van der Waals surface area (Å²) in [7, 11) is 0. The number of likely N-dealkylation sites (N-methyl/N-ethyl adjacent to an activating group) is 1. The maximum absolute atomic E-state index is 12.9. The van der Waals surface area contributed by atoms with Gasteiger partial charge in [-0.15, -0.1) is 11.8 Å². The molecule has 1 aliphatic rings. The van der Waals surface area contributed by atoms with Crippen molar-refractivity contribution in [1.29, 1.82) is 0 Å². The summed E-state index contributed by atoms with van der Waals surface area (Å²) in [5, 5.41) is 15.0. The maximum atomic E-state index is 12.9. The molecule has 2 amide bonds. The van der Waals surface area contributed by atoms with Crippen molar-refractivity contribution >= 4 is 29.3 Å². The Hall–Kier alpha value is -2.88. The fourth-order valence-electron chi connectivity index (χ4n) is 3.06. The minimum absolute atomic E-state index is 0.0148. The molecular weight excluding hydrogens is 382 g/mol. The second-order valence-corrected chi connectivity index (χ2v) is 7.25. The van der Waals surface area contributed by atoms with E-state index in [4.69, 9.17) is 0 Å². The number of rotatable bonds is 6. The monoisotopic (exact) mass is 403 g/mol. The molecule has 3 rings (SSSR count). The Morgan fingerprint density at radius 2 is 1.96 bits per heavy atom. The first-order valence-corrected chi connectivity index (χ1v) is 10.1. The van der Waals surface area contributed by atoms with Crippen molar-refractivity contribution in [2.24, 2.45) is 0 Å². The average Bonchev–Trinajstić information content (AvgIpc) is 3.38. The number of nitro benzene ring substituents is 1. The van der Waals surface area contributed by atoms with Crippen molar-refractivity contribution in [3.63, 3.8) is 0 Å². The van der Waals surface area contributed by atoms with Crippen LogP contribution in [0.25, 0.3) is 5.69 Å². The molecule has 0 aliphatic carbocycles.